The van der Waals surface area contributed by atoms with Crippen LogP contribution in [0.15, 0.2) is 53.0 Å². The van der Waals surface area contributed by atoms with Gasteiger partial charge in [0.15, 0.2) is 0 Å². The minimum absolute atomic E-state index is 0.0486. The fraction of sp³-hybridized carbons (Fsp3) is 0.350. The van der Waals surface area contributed by atoms with Gasteiger partial charge in [-0.2, -0.15) is 0 Å². The zero-order valence-corrected chi connectivity index (χ0v) is 16.0. The van der Waals surface area contributed by atoms with Crippen molar-refractivity contribution in [3.05, 3.63) is 64.1 Å². The van der Waals surface area contributed by atoms with Crippen molar-refractivity contribution in [2.45, 2.75) is 32.7 Å². The van der Waals surface area contributed by atoms with Crippen molar-refractivity contribution in [2.75, 3.05) is 13.1 Å². The number of hydrogen-bond donors (Lipinski definition) is 0. The quantitative estimate of drug-likeness (QED) is 0.764. The number of carbonyl (C=O) groups excluding carboxylic acids is 1. The summed E-state index contributed by atoms with van der Waals surface area (Å²) >= 11 is 3.41. The van der Waals surface area contributed by atoms with Crippen LogP contribution >= 0.6 is 15.9 Å². The third kappa shape index (κ3) is 4.83. The van der Waals surface area contributed by atoms with Gasteiger partial charge in [0, 0.05) is 23.1 Å². The molecule has 0 spiro atoms. The Morgan fingerprint density at radius 3 is 2.52 bits per heavy atom. The Bertz CT molecular complexity index is 722. The minimum atomic E-state index is 0.0486. The average molecular weight is 404 g/mol. The summed E-state index contributed by atoms with van der Waals surface area (Å²) in [5, 5.41) is 0. The molecule has 2 aromatic rings. The van der Waals surface area contributed by atoms with Crippen LogP contribution in [0.2, 0.25) is 0 Å². The normalized spacial score (nSPS) is 20.4. The summed E-state index contributed by atoms with van der Waals surface area (Å²) in [6.07, 6.45) is 0.133. The van der Waals surface area contributed by atoms with Gasteiger partial charge in [0.2, 0.25) is 0 Å². The predicted octanol–water partition coefficient (Wildman–Crippen LogP) is 4.28. The Labute approximate surface area is 156 Å². The summed E-state index contributed by atoms with van der Waals surface area (Å²) < 4.78 is 12.5. The van der Waals surface area contributed by atoms with Gasteiger partial charge in [0.1, 0.15) is 12.4 Å². The van der Waals surface area contributed by atoms with E-state index in [1.807, 2.05) is 67.3 Å². The maximum Gasteiger partial charge on any atom is 0.254 e. The fourth-order valence-electron chi connectivity index (χ4n) is 3.02. The van der Waals surface area contributed by atoms with Crippen LogP contribution in [-0.2, 0) is 11.3 Å². The lowest BCUT2D eigenvalue weighted by atomic mass is 10.1. The Morgan fingerprint density at radius 2 is 1.84 bits per heavy atom. The molecule has 0 unspecified atom stereocenters. The highest BCUT2D eigenvalue weighted by Crippen LogP contribution is 2.19. The minimum Gasteiger partial charge on any atom is -0.489 e. The van der Waals surface area contributed by atoms with Crippen LogP contribution in [0.5, 0.6) is 5.75 Å². The number of carbonyl (C=O) groups is 1. The van der Waals surface area contributed by atoms with E-state index in [2.05, 4.69) is 15.9 Å². The smallest absolute Gasteiger partial charge is 0.254 e. The van der Waals surface area contributed by atoms with Crippen molar-refractivity contribution in [1.29, 1.82) is 0 Å². The van der Waals surface area contributed by atoms with E-state index < -0.39 is 0 Å². The fourth-order valence-corrected chi connectivity index (χ4v) is 3.28. The number of morpholine rings is 1. The standard InChI is InChI=1S/C20H22BrNO3/c1-14-11-22(12-15(2)25-14)20(23)17-5-3-4-16(10-17)13-24-19-8-6-18(21)7-9-19/h3-10,14-15H,11-13H2,1-2H3/t14-,15-/m0/s1. The van der Waals surface area contributed by atoms with Crippen molar-refractivity contribution in [1.82, 2.24) is 4.90 Å². The van der Waals surface area contributed by atoms with Crippen LogP contribution < -0.4 is 4.74 Å². The Hall–Kier alpha value is -1.85. The molecule has 1 heterocycles. The van der Waals surface area contributed by atoms with Gasteiger partial charge in [-0.3, -0.25) is 4.79 Å². The molecule has 1 aliphatic heterocycles. The van der Waals surface area contributed by atoms with E-state index in [0.29, 0.717) is 25.3 Å². The first kappa shape index (κ1) is 18.0. The Balaban J connectivity index is 1.66. The first-order chi connectivity index (χ1) is 12.0. The van der Waals surface area contributed by atoms with Crippen molar-refractivity contribution in [3.63, 3.8) is 0 Å². The summed E-state index contributed by atoms with van der Waals surface area (Å²) in [6, 6.07) is 15.3. The predicted molar refractivity (Wildman–Crippen MR) is 101 cm³/mol. The molecule has 3 rings (SSSR count). The SMILES string of the molecule is C[C@H]1CN(C(=O)c2cccc(COc3ccc(Br)cc3)c2)C[C@H](C)O1. The lowest BCUT2D eigenvalue weighted by Crippen LogP contribution is -2.48. The molecule has 0 saturated carbocycles. The van der Waals surface area contributed by atoms with E-state index >= 15 is 0 Å². The van der Waals surface area contributed by atoms with Crippen molar-refractivity contribution in [3.8, 4) is 5.75 Å². The highest BCUT2D eigenvalue weighted by molar-refractivity contribution is 9.10. The lowest BCUT2D eigenvalue weighted by molar-refractivity contribution is -0.0586. The van der Waals surface area contributed by atoms with Crippen molar-refractivity contribution < 1.29 is 14.3 Å². The number of nitrogens with zero attached hydrogens (tertiary/aromatic N) is 1. The van der Waals surface area contributed by atoms with Crippen LogP contribution in [0.3, 0.4) is 0 Å². The summed E-state index contributed by atoms with van der Waals surface area (Å²) in [6.45, 7) is 5.68. The molecule has 0 aromatic heterocycles. The van der Waals surface area contributed by atoms with Crippen molar-refractivity contribution in [2.24, 2.45) is 0 Å². The highest BCUT2D eigenvalue weighted by atomic mass is 79.9. The maximum atomic E-state index is 12.8. The number of benzene rings is 2. The van der Waals surface area contributed by atoms with Gasteiger partial charge in [-0.1, -0.05) is 28.1 Å². The number of ether oxygens (including phenoxy) is 2. The highest BCUT2D eigenvalue weighted by Gasteiger charge is 2.26. The molecule has 1 fully saturated rings. The molecule has 1 amide bonds. The summed E-state index contributed by atoms with van der Waals surface area (Å²) in [7, 11) is 0. The molecule has 0 bridgehead atoms. The second-order valence-electron chi connectivity index (χ2n) is 6.41. The first-order valence-corrected chi connectivity index (χ1v) is 9.22. The first-order valence-electron chi connectivity index (χ1n) is 8.43. The molecule has 0 radical (unpaired) electrons. The number of hydrogen-bond acceptors (Lipinski definition) is 3. The van der Waals surface area contributed by atoms with Gasteiger partial charge in [0.25, 0.3) is 5.91 Å². The van der Waals surface area contributed by atoms with Crippen LogP contribution in [0.25, 0.3) is 0 Å². The monoisotopic (exact) mass is 403 g/mol. The molecule has 132 valence electrons. The van der Waals surface area contributed by atoms with E-state index in [9.17, 15) is 4.79 Å². The number of rotatable bonds is 4. The second-order valence-corrected chi connectivity index (χ2v) is 7.33. The topological polar surface area (TPSA) is 38.8 Å². The molecule has 25 heavy (non-hydrogen) atoms. The molecule has 2 atom stereocenters. The van der Waals surface area contributed by atoms with E-state index in [-0.39, 0.29) is 18.1 Å². The van der Waals surface area contributed by atoms with Crippen molar-refractivity contribution >= 4 is 21.8 Å². The summed E-state index contributed by atoms with van der Waals surface area (Å²) in [4.78, 5) is 14.6. The Morgan fingerprint density at radius 1 is 1.16 bits per heavy atom. The van der Waals surface area contributed by atoms with Crippen LogP contribution in [0.1, 0.15) is 29.8 Å². The van der Waals surface area contributed by atoms with Gasteiger partial charge >= 0.3 is 0 Å². The molecule has 0 N–H and O–H groups in total. The number of amides is 1. The van der Waals surface area contributed by atoms with E-state index in [0.717, 1.165) is 15.8 Å². The summed E-state index contributed by atoms with van der Waals surface area (Å²) in [5.41, 5.74) is 1.67. The van der Waals surface area contributed by atoms with E-state index in [4.69, 9.17) is 9.47 Å². The summed E-state index contributed by atoms with van der Waals surface area (Å²) in [5.74, 6) is 0.850. The molecule has 5 heteroatoms. The molecule has 0 aliphatic carbocycles. The second kappa shape index (κ2) is 8.02. The van der Waals surface area contributed by atoms with Gasteiger partial charge < -0.3 is 14.4 Å². The van der Waals surface area contributed by atoms with Gasteiger partial charge in [0.05, 0.1) is 12.2 Å². The molecule has 1 saturated heterocycles. The third-order valence-electron chi connectivity index (χ3n) is 4.10. The van der Waals surface area contributed by atoms with Gasteiger partial charge in [-0.05, 0) is 55.8 Å². The Kier molecular flexibility index (Phi) is 5.76. The van der Waals surface area contributed by atoms with Gasteiger partial charge in [-0.25, -0.2) is 0 Å². The molecule has 2 aromatic carbocycles. The average Bonchev–Trinajstić information content (AvgIpc) is 2.60. The van der Waals surface area contributed by atoms with Crippen LogP contribution in [-0.4, -0.2) is 36.1 Å². The third-order valence-corrected chi connectivity index (χ3v) is 4.63. The van der Waals surface area contributed by atoms with Gasteiger partial charge in [-0.15, -0.1) is 0 Å². The number of halogens is 1. The zero-order valence-electron chi connectivity index (χ0n) is 14.4. The van der Waals surface area contributed by atoms with E-state index in [1.165, 1.54) is 0 Å². The molecular weight excluding hydrogens is 382 g/mol. The van der Waals surface area contributed by atoms with Crippen LogP contribution in [0, 0.1) is 0 Å². The largest absolute Gasteiger partial charge is 0.489 e. The molecule has 1 aliphatic rings. The molecular formula is C20H22BrNO3. The van der Waals surface area contributed by atoms with E-state index in [1.54, 1.807) is 0 Å². The molecule has 4 nitrogen and oxygen atoms in total. The lowest BCUT2D eigenvalue weighted by Gasteiger charge is -2.35. The van der Waals surface area contributed by atoms with Crippen LogP contribution in [0.4, 0.5) is 0 Å². The zero-order chi connectivity index (χ0) is 17.8. The maximum absolute atomic E-state index is 12.8.